The van der Waals surface area contributed by atoms with Gasteiger partial charge in [-0.25, -0.2) is 9.37 Å². The highest BCUT2D eigenvalue weighted by Crippen LogP contribution is 2.16. The molecule has 6 nitrogen and oxygen atoms in total. The summed E-state index contributed by atoms with van der Waals surface area (Å²) in [5.74, 6) is 0.625. The van der Waals surface area contributed by atoms with E-state index in [2.05, 4.69) is 37.1 Å². The predicted octanol–water partition coefficient (Wildman–Crippen LogP) is 2.91. The zero-order chi connectivity index (χ0) is 20.5. The molecule has 2 aromatic heterocycles. The highest BCUT2D eigenvalue weighted by atomic mass is 19.1. The Morgan fingerprint density at radius 1 is 0.966 bits per heavy atom. The van der Waals surface area contributed by atoms with Crippen molar-refractivity contribution in [2.45, 2.75) is 12.6 Å². The Morgan fingerprint density at radius 3 is 2.48 bits per heavy atom. The van der Waals surface area contributed by atoms with Crippen molar-refractivity contribution in [1.82, 2.24) is 25.2 Å². The fourth-order valence-electron chi connectivity index (χ4n) is 3.04. The maximum absolute atomic E-state index is 13.4. The number of pyridine rings is 1. The molecule has 152 valence electrons. The van der Waals surface area contributed by atoms with E-state index in [0.717, 1.165) is 36.7 Å². The number of nitrogens with zero attached hydrogens (tertiary/aromatic N) is 5. The van der Waals surface area contributed by atoms with Crippen molar-refractivity contribution in [3.63, 3.8) is 0 Å². The highest BCUT2D eigenvalue weighted by molar-refractivity contribution is 5.33. The Bertz CT molecular complexity index is 844. The maximum atomic E-state index is 13.4. The van der Waals surface area contributed by atoms with Crippen LogP contribution in [0.5, 0.6) is 0 Å². The molecule has 2 heterocycles. The fraction of sp³-hybridized carbons (Fsp3) is 0.318. The van der Waals surface area contributed by atoms with Gasteiger partial charge in [0.05, 0.1) is 11.9 Å². The van der Waals surface area contributed by atoms with Gasteiger partial charge in [-0.1, -0.05) is 18.2 Å². The molecule has 1 unspecified atom stereocenters. The van der Waals surface area contributed by atoms with Crippen LogP contribution in [0, 0.1) is 5.82 Å². The third-order valence-electron chi connectivity index (χ3n) is 4.78. The third kappa shape index (κ3) is 6.58. The molecule has 0 amide bonds. The minimum absolute atomic E-state index is 0.0597. The molecule has 0 bridgehead atoms. The van der Waals surface area contributed by atoms with Crippen LogP contribution in [0.25, 0.3) is 0 Å². The van der Waals surface area contributed by atoms with Gasteiger partial charge in [0.15, 0.2) is 0 Å². The lowest BCUT2D eigenvalue weighted by Gasteiger charge is -2.27. The summed E-state index contributed by atoms with van der Waals surface area (Å²) >= 11 is 0. The maximum Gasteiger partial charge on any atom is 0.146 e. The van der Waals surface area contributed by atoms with Crippen molar-refractivity contribution in [1.29, 1.82) is 0 Å². The van der Waals surface area contributed by atoms with Gasteiger partial charge in [0, 0.05) is 57.9 Å². The Labute approximate surface area is 171 Å². The molecular formula is C22H27FN6. The second-order valence-corrected chi connectivity index (χ2v) is 7.05. The largest absolute Gasteiger partial charge is 0.357 e. The number of benzene rings is 1. The average molecular weight is 394 g/mol. The van der Waals surface area contributed by atoms with Crippen LogP contribution < -0.4 is 10.2 Å². The highest BCUT2D eigenvalue weighted by Gasteiger charge is 2.15. The van der Waals surface area contributed by atoms with Crippen LogP contribution in [0.1, 0.15) is 17.3 Å². The molecule has 1 N–H and O–H groups in total. The Kier molecular flexibility index (Phi) is 7.61. The number of rotatable bonds is 10. The lowest BCUT2D eigenvalue weighted by Crippen LogP contribution is -2.37. The summed E-state index contributed by atoms with van der Waals surface area (Å²) in [6.07, 6.45) is 6.92. The van der Waals surface area contributed by atoms with E-state index < -0.39 is 0 Å². The van der Waals surface area contributed by atoms with E-state index in [1.807, 2.05) is 37.4 Å². The van der Waals surface area contributed by atoms with Crippen LogP contribution in [0.15, 0.2) is 67.3 Å². The van der Waals surface area contributed by atoms with Crippen LogP contribution in [0.2, 0.25) is 0 Å². The molecule has 0 radical (unpaired) electrons. The molecule has 0 aliphatic heterocycles. The SMILES string of the molecule is CN(CCN(C)c1cnccn1)CC(NCc1ccccn1)c1ccc(F)cc1. The van der Waals surface area contributed by atoms with Crippen LogP contribution in [-0.2, 0) is 6.54 Å². The predicted molar refractivity (Wildman–Crippen MR) is 113 cm³/mol. The molecule has 0 spiro atoms. The first-order valence-electron chi connectivity index (χ1n) is 9.66. The number of anilines is 1. The lowest BCUT2D eigenvalue weighted by molar-refractivity contribution is 0.294. The minimum atomic E-state index is -0.226. The monoisotopic (exact) mass is 394 g/mol. The number of nitrogens with one attached hydrogen (secondary N) is 1. The molecule has 0 aliphatic rings. The second-order valence-electron chi connectivity index (χ2n) is 7.05. The molecule has 0 saturated heterocycles. The summed E-state index contributed by atoms with van der Waals surface area (Å²) in [5, 5.41) is 3.56. The van der Waals surface area contributed by atoms with E-state index in [1.54, 1.807) is 24.8 Å². The van der Waals surface area contributed by atoms with Gasteiger partial charge in [0.25, 0.3) is 0 Å². The number of hydrogen-bond acceptors (Lipinski definition) is 6. The Balaban J connectivity index is 1.59. The summed E-state index contributed by atoms with van der Waals surface area (Å²) in [5.41, 5.74) is 2.03. The zero-order valence-electron chi connectivity index (χ0n) is 16.9. The van der Waals surface area contributed by atoms with E-state index in [9.17, 15) is 4.39 Å². The van der Waals surface area contributed by atoms with Gasteiger partial charge < -0.3 is 15.1 Å². The Hall–Kier alpha value is -2.90. The topological polar surface area (TPSA) is 57.2 Å². The first kappa shape index (κ1) is 20.8. The van der Waals surface area contributed by atoms with E-state index in [0.29, 0.717) is 6.54 Å². The van der Waals surface area contributed by atoms with Crippen LogP contribution >= 0.6 is 0 Å². The number of hydrogen-bond donors (Lipinski definition) is 1. The standard InChI is InChI=1S/C22H27FN6/c1-28(13-14-29(2)22-16-24-11-12-26-22)17-21(18-6-8-19(23)9-7-18)27-15-20-5-3-4-10-25-20/h3-12,16,21,27H,13-15,17H2,1-2H3. The van der Waals surface area contributed by atoms with Crippen LogP contribution in [0.4, 0.5) is 10.2 Å². The van der Waals surface area contributed by atoms with Crippen molar-refractivity contribution in [2.75, 3.05) is 38.6 Å². The van der Waals surface area contributed by atoms with Gasteiger partial charge in [0.1, 0.15) is 11.6 Å². The summed E-state index contributed by atoms with van der Waals surface area (Å²) in [6, 6.07) is 12.6. The lowest BCUT2D eigenvalue weighted by atomic mass is 10.1. The van der Waals surface area contributed by atoms with Gasteiger partial charge in [-0.3, -0.25) is 9.97 Å². The summed E-state index contributed by atoms with van der Waals surface area (Å²) in [7, 11) is 4.10. The Morgan fingerprint density at radius 2 is 1.79 bits per heavy atom. The van der Waals surface area contributed by atoms with E-state index >= 15 is 0 Å². The number of halogens is 1. The average Bonchev–Trinajstić information content (AvgIpc) is 2.77. The van der Waals surface area contributed by atoms with Crippen molar-refractivity contribution >= 4 is 5.82 Å². The first-order chi connectivity index (χ1) is 14.1. The van der Waals surface area contributed by atoms with Gasteiger partial charge in [-0.05, 0) is 36.9 Å². The van der Waals surface area contributed by atoms with Gasteiger partial charge in [0.2, 0.25) is 0 Å². The summed E-state index contributed by atoms with van der Waals surface area (Å²) < 4.78 is 13.4. The first-order valence-corrected chi connectivity index (χ1v) is 9.66. The van der Waals surface area contributed by atoms with Crippen molar-refractivity contribution in [3.05, 3.63) is 84.3 Å². The fourth-order valence-corrected chi connectivity index (χ4v) is 3.04. The molecule has 29 heavy (non-hydrogen) atoms. The summed E-state index contributed by atoms with van der Waals surface area (Å²) in [4.78, 5) is 17.2. The van der Waals surface area contributed by atoms with E-state index in [4.69, 9.17) is 0 Å². The van der Waals surface area contributed by atoms with Crippen LogP contribution in [0.3, 0.4) is 0 Å². The molecule has 0 saturated carbocycles. The molecule has 3 rings (SSSR count). The normalized spacial score (nSPS) is 12.1. The molecular weight excluding hydrogens is 367 g/mol. The third-order valence-corrected chi connectivity index (χ3v) is 4.78. The second kappa shape index (κ2) is 10.6. The number of aromatic nitrogens is 3. The van der Waals surface area contributed by atoms with Crippen molar-refractivity contribution < 1.29 is 4.39 Å². The smallest absolute Gasteiger partial charge is 0.146 e. The minimum Gasteiger partial charge on any atom is -0.357 e. The zero-order valence-corrected chi connectivity index (χ0v) is 16.9. The number of likely N-dealkylation sites (N-methyl/N-ethyl adjacent to an activating group) is 2. The molecule has 0 aliphatic carbocycles. The molecule has 1 atom stereocenters. The van der Waals surface area contributed by atoms with Crippen molar-refractivity contribution in [3.8, 4) is 0 Å². The molecule has 3 aromatic rings. The molecule has 7 heteroatoms. The summed E-state index contributed by atoms with van der Waals surface area (Å²) in [6.45, 7) is 3.12. The van der Waals surface area contributed by atoms with E-state index in [1.165, 1.54) is 12.1 Å². The van der Waals surface area contributed by atoms with Gasteiger partial charge >= 0.3 is 0 Å². The van der Waals surface area contributed by atoms with Crippen molar-refractivity contribution in [2.24, 2.45) is 0 Å². The van der Waals surface area contributed by atoms with E-state index in [-0.39, 0.29) is 11.9 Å². The van der Waals surface area contributed by atoms with Gasteiger partial charge in [-0.15, -0.1) is 0 Å². The quantitative estimate of drug-likeness (QED) is 0.571. The van der Waals surface area contributed by atoms with Crippen LogP contribution in [-0.4, -0.2) is 53.6 Å². The van der Waals surface area contributed by atoms with Gasteiger partial charge in [-0.2, -0.15) is 0 Å². The molecule has 1 aromatic carbocycles. The molecule has 0 fully saturated rings.